The number of alkyl halides is 3. The number of furan rings is 1. The smallest absolute Gasteiger partial charge is 0.416 e. The maximum atomic E-state index is 12.9. The van der Waals surface area contributed by atoms with Crippen molar-refractivity contribution in [3.05, 3.63) is 47.7 Å². The summed E-state index contributed by atoms with van der Waals surface area (Å²) in [5.74, 6) is -0.101. The van der Waals surface area contributed by atoms with Crippen LogP contribution in [-0.2, 0) is 11.0 Å². The van der Waals surface area contributed by atoms with Crippen molar-refractivity contribution in [3.8, 4) is 11.3 Å². The first-order valence-corrected chi connectivity index (χ1v) is 8.58. The molecule has 0 spiro atoms. The van der Waals surface area contributed by atoms with Gasteiger partial charge >= 0.3 is 6.18 Å². The Hall–Kier alpha value is -2.77. The number of amides is 2. The average molecular weight is 380 g/mol. The summed E-state index contributed by atoms with van der Waals surface area (Å²) in [6, 6.07) is 7.72. The highest BCUT2D eigenvalue weighted by Gasteiger charge is 2.31. The fourth-order valence-corrected chi connectivity index (χ4v) is 3.05. The number of benzene rings is 1. The predicted octanol–water partition coefficient (Wildman–Crippen LogP) is 3.66. The van der Waals surface area contributed by atoms with Gasteiger partial charge in [-0.2, -0.15) is 13.2 Å². The molecule has 1 aliphatic heterocycles. The third kappa shape index (κ3) is 4.32. The summed E-state index contributed by atoms with van der Waals surface area (Å²) in [6.07, 6.45) is -3.79. The van der Waals surface area contributed by atoms with Gasteiger partial charge in [0.15, 0.2) is 5.76 Å². The molecule has 1 aromatic heterocycles. The third-order valence-electron chi connectivity index (χ3n) is 4.52. The molecule has 0 unspecified atom stereocenters. The number of nitrogens with zero attached hydrogens (tertiary/aromatic N) is 2. The van der Waals surface area contributed by atoms with E-state index in [1.54, 1.807) is 9.80 Å². The lowest BCUT2D eigenvalue weighted by Gasteiger charge is -2.20. The minimum atomic E-state index is -4.45. The summed E-state index contributed by atoms with van der Waals surface area (Å²) in [5.41, 5.74) is -0.524. The first-order valence-electron chi connectivity index (χ1n) is 8.58. The van der Waals surface area contributed by atoms with Gasteiger partial charge in [-0.15, -0.1) is 0 Å². The molecule has 1 aromatic carbocycles. The van der Waals surface area contributed by atoms with E-state index >= 15 is 0 Å². The van der Waals surface area contributed by atoms with E-state index in [1.807, 2.05) is 0 Å². The fraction of sp³-hybridized carbons (Fsp3) is 0.368. The van der Waals surface area contributed by atoms with Crippen LogP contribution in [0, 0.1) is 0 Å². The molecule has 0 aliphatic carbocycles. The Balaban J connectivity index is 1.76. The summed E-state index contributed by atoms with van der Waals surface area (Å²) in [4.78, 5) is 27.4. The highest BCUT2D eigenvalue weighted by Crippen LogP contribution is 2.32. The maximum absolute atomic E-state index is 12.9. The van der Waals surface area contributed by atoms with Gasteiger partial charge in [0.2, 0.25) is 5.91 Å². The number of carbonyl (C=O) groups excluding carboxylic acids is 2. The van der Waals surface area contributed by atoms with Gasteiger partial charge in [0.25, 0.3) is 5.91 Å². The molecule has 0 atom stereocenters. The Kier molecular flexibility index (Phi) is 5.25. The molecule has 8 heteroatoms. The van der Waals surface area contributed by atoms with Gasteiger partial charge in [0, 0.05) is 38.7 Å². The fourth-order valence-electron chi connectivity index (χ4n) is 3.05. The monoisotopic (exact) mass is 380 g/mol. The number of carbonyl (C=O) groups is 2. The van der Waals surface area contributed by atoms with Gasteiger partial charge in [-0.1, -0.05) is 12.1 Å². The van der Waals surface area contributed by atoms with Gasteiger partial charge in [-0.25, -0.2) is 0 Å². The Morgan fingerprint density at radius 2 is 1.70 bits per heavy atom. The van der Waals surface area contributed by atoms with Crippen molar-refractivity contribution in [3.63, 3.8) is 0 Å². The first-order chi connectivity index (χ1) is 12.8. The molecule has 27 heavy (non-hydrogen) atoms. The Bertz CT molecular complexity index is 845. The van der Waals surface area contributed by atoms with Crippen LogP contribution in [0.25, 0.3) is 11.3 Å². The van der Waals surface area contributed by atoms with Crippen molar-refractivity contribution in [2.24, 2.45) is 0 Å². The lowest BCUT2D eigenvalue weighted by atomic mass is 10.1. The van der Waals surface area contributed by atoms with Crippen LogP contribution in [0.1, 0.15) is 29.5 Å². The van der Waals surface area contributed by atoms with E-state index in [2.05, 4.69) is 0 Å². The standard InChI is InChI=1S/C19H19F3N2O3/c1-13(25)23-8-3-9-24(11-10-23)18(26)17-7-6-16(27-17)14-4-2-5-15(12-14)19(20,21)22/h2,4-7,12H,3,8-11H2,1H3. The van der Waals surface area contributed by atoms with E-state index < -0.39 is 11.7 Å². The van der Waals surface area contributed by atoms with Crippen molar-refractivity contribution in [2.75, 3.05) is 26.2 Å². The minimum Gasteiger partial charge on any atom is -0.451 e. The number of halogens is 3. The molecule has 5 nitrogen and oxygen atoms in total. The highest BCUT2D eigenvalue weighted by molar-refractivity contribution is 5.92. The maximum Gasteiger partial charge on any atom is 0.416 e. The molecular formula is C19H19F3N2O3. The average Bonchev–Trinajstić information content (AvgIpc) is 2.98. The number of hydrogen-bond donors (Lipinski definition) is 0. The van der Waals surface area contributed by atoms with Crippen LogP contribution < -0.4 is 0 Å². The van der Waals surface area contributed by atoms with Crippen LogP contribution in [0.3, 0.4) is 0 Å². The van der Waals surface area contributed by atoms with Crippen LogP contribution in [0.15, 0.2) is 40.8 Å². The minimum absolute atomic E-state index is 0.0332. The summed E-state index contributed by atoms with van der Waals surface area (Å²) in [6.45, 7) is 3.40. The van der Waals surface area contributed by atoms with Crippen molar-refractivity contribution in [2.45, 2.75) is 19.5 Å². The molecule has 144 valence electrons. The van der Waals surface area contributed by atoms with Gasteiger partial charge in [0.05, 0.1) is 5.56 Å². The molecule has 3 rings (SSSR count). The lowest BCUT2D eigenvalue weighted by Crippen LogP contribution is -2.36. The molecule has 1 aliphatic rings. The topological polar surface area (TPSA) is 53.8 Å². The van der Waals surface area contributed by atoms with Crippen LogP contribution >= 0.6 is 0 Å². The molecule has 0 saturated carbocycles. The van der Waals surface area contributed by atoms with Gasteiger partial charge in [-0.05, 0) is 30.7 Å². The molecule has 1 saturated heterocycles. The summed E-state index contributed by atoms with van der Waals surface area (Å²) < 4.78 is 44.1. The van der Waals surface area contributed by atoms with Crippen molar-refractivity contribution in [1.29, 1.82) is 0 Å². The van der Waals surface area contributed by atoms with Crippen LogP contribution in [0.5, 0.6) is 0 Å². The second-order valence-electron chi connectivity index (χ2n) is 6.39. The Morgan fingerprint density at radius 3 is 2.41 bits per heavy atom. The van der Waals surface area contributed by atoms with Crippen LogP contribution in [-0.4, -0.2) is 47.8 Å². The largest absolute Gasteiger partial charge is 0.451 e. The molecule has 2 heterocycles. The number of rotatable bonds is 2. The summed E-state index contributed by atoms with van der Waals surface area (Å²) in [5, 5.41) is 0. The van der Waals surface area contributed by atoms with E-state index in [0.29, 0.717) is 32.6 Å². The van der Waals surface area contributed by atoms with Gasteiger partial charge in [-0.3, -0.25) is 9.59 Å². The molecule has 2 aromatic rings. The van der Waals surface area contributed by atoms with Gasteiger partial charge < -0.3 is 14.2 Å². The van der Waals surface area contributed by atoms with Crippen LogP contribution in [0.2, 0.25) is 0 Å². The lowest BCUT2D eigenvalue weighted by molar-refractivity contribution is -0.137. The zero-order chi connectivity index (χ0) is 19.6. The van der Waals surface area contributed by atoms with E-state index in [1.165, 1.54) is 31.2 Å². The van der Waals surface area contributed by atoms with Crippen molar-refractivity contribution < 1.29 is 27.2 Å². The van der Waals surface area contributed by atoms with E-state index in [4.69, 9.17) is 4.42 Å². The zero-order valence-corrected chi connectivity index (χ0v) is 14.8. The quantitative estimate of drug-likeness (QED) is 0.799. The Labute approximate surface area is 154 Å². The molecule has 0 radical (unpaired) electrons. The normalized spacial score (nSPS) is 15.6. The van der Waals surface area contributed by atoms with Crippen molar-refractivity contribution in [1.82, 2.24) is 9.80 Å². The number of hydrogen-bond acceptors (Lipinski definition) is 3. The first kappa shape index (κ1) is 19.0. The SMILES string of the molecule is CC(=O)N1CCCN(C(=O)c2ccc(-c3cccc(C(F)(F)F)c3)o2)CC1. The molecular weight excluding hydrogens is 361 g/mol. The van der Waals surface area contributed by atoms with E-state index in [9.17, 15) is 22.8 Å². The molecule has 2 amide bonds. The molecule has 0 bridgehead atoms. The second-order valence-corrected chi connectivity index (χ2v) is 6.39. The molecule has 1 fully saturated rings. The second kappa shape index (κ2) is 7.46. The summed E-state index contributed by atoms with van der Waals surface area (Å²) in [7, 11) is 0. The van der Waals surface area contributed by atoms with E-state index in [0.717, 1.165) is 12.1 Å². The predicted molar refractivity (Wildman–Crippen MR) is 91.9 cm³/mol. The van der Waals surface area contributed by atoms with Gasteiger partial charge in [0.1, 0.15) is 5.76 Å². The van der Waals surface area contributed by atoms with Crippen molar-refractivity contribution >= 4 is 11.8 Å². The van der Waals surface area contributed by atoms with Crippen LogP contribution in [0.4, 0.5) is 13.2 Å². The Morgan fingerprint density at radius 1 is 1.00 bits per heavy atom. The molecule has 0 N–H and O–H groups in total. The van der Waals surface area contributed by atoms with E-state index in [-0.39, 0.29) is 28.9 Å². The zero-order valence-electron chi connectivity index (χ0n) is 14.8. The summed E-state index contributed by atoms with van der Waals surface area (Å²) >= 11 is 0. The third-order valence-corrected chi connectivity index (χ3v) is 4.52. The highest BCUT2D eigenvalue weighted by atomic mass is 19.4.